The van der Waals surface area contributed by atoms with E-state index in [1.165, 1.54) is 25.4 Å². The van der Waals surface area contributed by atoms with Crippen LogP contribution in [0.4, 0.5) is 14.6 Å². The van der Waals surface area contributed by atoms with Crippen LogP contribution in [0.25, 0.3) is 0 Å². The van der Waals surface area contributed by atoms with E-state index in [0.29, 0.717) is 18.7 Å². The second kappa shape index (κ2) is 7.69. The SMILES string of the molecule is COc1cc(C(F)(F)C2CC2C(=O)N2CC3CC[C@@H](C2)N3c2ccc(C#N)cn2)ccn1. The van der Waals surface area contributed by atoms with Gasteiger partial charge >= 0.3 is 0 Å². The third kappa shape index (κ3) is 3.44. The number of piperazine rings is 1. The van der Waals surface area contributed by atoms with Gasteiger partial charge in [-0.15, -0.1) is 0 Å². The fourth-order valence-corrected chi connectivity index (χ4v) is 5.11. The minimum Gasteiger partial charge on any atom is -0.481 e. The maximum absolute atomic E-state index is 15.1. The van der Waals surface area contributed by atoms with Crippen molar-refractivity contribution in [2.75, 3.05) is 25.1 Å². The largest absolute Gasteiger partial charge is 0.481 e. The highest BCUT2D eigenvalue weighted by atomic mass is 19.3. The molecule has 1 amide bonds. The molecule has 0 spiro atoms. The Hall–Kier alpha value is -3.28. The Morgan fingerprint density at radius 3 is 2.59 bits per heavy atom. The number of hydrogen-bond donors (Lipinski definition) is 0. The van der Waals surface area contributed by atoms with Gasteiger partial charge < -0.3 is 14.5 Å². The van der Waals surface area contributed by atoms with Crippen molar-refractivity contribution < 1.29 is 18.3 Å². The van der Waals surface area contributed by atoms with Gasteiger partial charge in [0.25, 0.3) is 5.92 Å². The van der Waals surface area contributed by atoms with Crippen molar-refractivity contribution in [2.24, 2.45) is 11.8 Å². The van der Waals surface area contributed by atoms with Crippen molar-refractivity contribution in [2.45, 2.75) is 37.3 Å². The third-order valence-corrected chi connectivity index (χ3v) is 6.84. The Balaban J connectivity index is 1.26. The lowest BCUT2D eigenvalue weighted by atomic mass is 10.0. The van der Waals surface area contributed by atoms with Gasteiger partial charge in [-0.05, 0) is 37.5 Å². The van der Waals surface area contributed by atoms with Gasteiger partial charge in [-0.2, -0.15) is 5.26 Å². The third-order valence-electron chi connectivity index (χ3n) is 6.84. The topological polar surface area (TPSA) is 82.4 Å². The maximum Gasteiger partial charge on any atom is 0.277 e. The number of anilines is 1. The van der Waals surface area contributed by atoms with E-state index in [9.17, 15) is 4.79 Å². The highest BCUT2D eigenvalue weighted by molar-refractivity contribution is 5.82. The highest BCUT2D eigenvalue weighted by Gasteiger charge is 2.60. The number of hydrogen-bond acceptors (Lipinski definition) is 6. The Kier molecular flexibility index (Phi) is 4.96. The average Bonchev–Trinajstić information content (AvgIpc) is 3.59. The summed E-state index contributed by atoms with van der Waals surface area (Å²) in [6, 6.07) is 8.39. The van der Waals surface area contributed by atoms with E-state index >= 15 is 8.78 Å². The lowest BCUT2D eigenvalue weighted by molar-refractivity contribution is -0.135. The Morgan fingerprint density at radius 2 is 1.97 bits per heavy atom. The summed E-state index contributed by atoms with van der Waals surface area (Å²) in [6.07, 6.45) is 4.89. The van der Waals surface area contributed by atoms with Gasteiger partial charge in [-0.25, -0.2) is 18.7 Å². The molecular formula is C23H23F2N5O2. The molecular weight excluding hydrogens is 416 g/mol. The van der Waals surface area contributed by atoms with Gasteiger partial charge in [0, 0.05) is 61.0 Å². The van der Waals surface area contributed by atoms with Crippen LogP contribution in [-0.2, 0) is 10.7 Å². The van der Waals surface area contributed by atoms with Gasteiger partial charge in [0.05, 0.1) is 12.7 Å². The summed E-state index contributed by atoms with van der Waals surface area (Å²) in [4.78, 5) is 25.4. The monoisotopic (exact) mass is 439 g/mol. The Morgan fingerprint density at radius 1 is 1.22 bits per heavy atom. The number of likely N-dealkylation sites (tertiary alicyclic amines) is 1. The number of methoxy groups -OCH3 is 1. The molecule has 2 aromatic heterocycles. The van der Waals surface area contributed by atoms with Crippen molar-refractivity contribution in [3.05, 3.63) is 47.8 Å². The molecule has 3 fully saturated rings. The van der Waals surface area contributed by atoms with Crippen molar-refractivity contribution >= 4 is 11.7 Å². The zero-order valence-corrected chi connectivity index (χ0v) is 17.6. The van der Waals surface area contributed by atoms with Crippen LogP contribution in [0, 0.1) is 23.2 Å². The molecule has 4 heterocycles. The second-order valence-electron chi connectivity index (χ2n) is 8.71. The zero-order valence-electron chi connectivity index (χ0n) is 17.6. The molecule has 3 unspecified atom stereocenters. The molecule has 2 aliphatic heterocycles. The van der Waals surface area contributed by atoms with E-state index in [-0.39, 0.29) is 35.9 Å². The number of nitriles is 1. The molecule has 3 aliphatic rings. The molecule has 0 aromatic carbocycles. The quantitative estimate of drug-likeness (QED) is 0.713. The van der Waals surface area contributed by atoms with Crippen LogP contribution in [0.1, 0.15) is 30.4 Å². The van der Waals surface area contributed by atoms with E-state index in [1.54, 1.807) is 17.2 Å². The maximum atomic E-state index is 15.1. The lowest BCUT2D eigenvalue weighted by Crippen LogP contribution is -2.56. The van der Waals surface area contributed by atoms with Crippen molar-refractivity contribution in [3.63, 3.8) is 0 Å². The number of nitrogens with zero attached hydrogens (tertiary/aromatic N) is 5. The van der Waals surface area contributed by atoms with E-state index < -0.39 is 17.8 Å². The van der Waals surface area contributed by atoms with Crippen LogP contribution in [0.5, 0.6) is 5.88 Å². The summed E-state index contributed by atoms with van der Waals surface area (Å²) >= 11 is 0. The predicted octanol–water partition coefficient (Wildman–Crippen LogP) is 2.96. The molecule has 1 aliphatic carbocycles. The van der Waals surface area contributed by atoms with Gasteiger partial charge in [-0.3, -0.25) is 4.79 Å². The molecule has 9 heteroatoms. The Labute approximate surface area is 184 Å². The van der Waals surface area contributed by atoms with Crippen LogP contribution in [0.2, 0.25) is 0 Å². The van der Waals surface area contributed by atoms with Crippen LogP contribution < -0.4 is 9.64 Å². The first-order valence-corrected chi connectivity index (χ1v) is 10.7. The number of pyridine rings is 2. The summed E-state index contributed by atoms with van der Waals surface area (Å²) in [5, 5.41) is 8.98. The summed E-state index contributed by atoms with van der Waals surface area (Å²) < 4.78 is 35.1. The van der Waals surface area contributed by atoms with E-state index in [2.05, 4.69) is 20.9 Å². The van der Waals surface area contributed by atoms with Gasteiger partial charge in [-0.1, -0.05) is 0 Å². The summed E-state index contributed by atoms with van der Waals surface area (Å²) in [5.74, 6) is -4.02. The minimum absolute atomic E-state index is 0.111. The van der Waals surface area contributed by atoms with Gasteiger partial charge in [0.1, 0.15) is 11.9 Å². The molecule has 7 nitrogen and oxygen atoms in total. The molecule has 0 radical (unpaired) electrons. The summed E-state index contributed by atoms with van der Waals surface area (Å²) in [5.41, 5.74) is 0.337. The normalized spacial score (nSPS) is 26.6. The minimum atomic E-state index is -3.11. The van der Waals surface area contributed by atoms with Crippen molar-refractivity contribution in [1.82, 2.24) is 14.9 Å². The average molecular weight is 439 g/mol. The molecule has 2 aromatic rings. The number of aromatic nitrogens is 2. The molecule has 5 rings (SSSR count). The number of fused-ring (bicyclic) bond motifs is 2. The smallest absolute Gasteiger partial charge is 0.277 e. The molecule has 2 bridgehead atoms. The lowest BCUT2D eigenvalue weighted by Gasteiger charge is -2.42. The predicted molar refractivity (Wildman–Crippen MR) is 111 cm³/mol. The fraction of sp³-hybridized carbons (Fsp3) is 0.478. The first-order valence-electron chi connectivity index (χ1n) is 10.7. The second-order valence-corrected chi connectivity index (χ2v) is 8.71. The van der Waals surface area contributed by atoms with Crippen LogP contribution in [0.15, 0.2) is 36.7 Å². The van der Waals surface area contributed by atoms with Crippen LogP contribution in [-0.4, -0.2) is 53.1 Å². The van der Waals surface area contributed by atoms with Crippen molar-refractivity contribution in [1.29, 1.82) is 5.26 Å². The van der Waals surface area contributed by atoms with Gasteiger partial charge in [0.2, 0.25) is 11.8 Å². The fourth-order valence-electron chi connectivity index (χ4n) is 5.11. The van der Waals surface area contributed by atoms with Crippen LogP contribution >= 0.6 is 0 Å². The molecule has 2 saturated heterocycles. The number of rotatable bonds is 5. The van der Waals surface area contributed by atoms with E-state index in [1.807, 2.05) is 6.07 Å². The number of alkyl halides is 2. The highest BCUT2D eigenvalue weighted by Crippen LogP contribution is 2.55. The molecule has 166 valence electrons. The number of carbonyl (C=O) groups is 1. The number of carbonyl (C=O) groups excluding carboxylic acids is 1. The zero-order chi connectivity index (χ0) is 22.5. The number of amides is 1. The van der Waals surface area contributed by atoms with Crippen LogP contribution in [0.3, 0.4) is 0 Å². The number of ether oxygens (including phenoxy) is 1. The van der Waals surface area contributed by atoms with Crippen molar-refractivity contribution in [3.8, 4) is 11.9 Å². The standard InChI is InChI=1S/C23H23F2N5O2/c1-32-21-8-15(6-7-27-21)23(24,25)19-9-18(19)22(31)29-12-16-3-4-17(13-29)30(16)20-5-2-14(10-26)11-28-20/h2,5-8,11,16-19H,3-4,9,12-13H2,1H3/t16-,17?,18?,19?/m0/s1. The number of halogens is 2. The Bertz CT molecular complexity index is 1060. The molecule has 0 N–H and O–H groups in total. The summed E-state index contributed by atoms with van der Waals surface area (Å²) in [7, 11) is 1.38. The van der Waals surface area contributed by atoms with E-state index in [0.717, 1.165) is 18.7 Å². The first kappa shape index (κ1) is 20.6. The van der Waals surface area contributed by atoms with E-state index in [4.69, 9.17) is 10.00 Å². The molecule has 32 heavy (non-hydrogen) atoms. The molecule has 1 saturated carbocycles. The molecule has 4 atom stereocenters. The van der Waals surface area contributed by atoms with Gasteiger partial charge in [0.15, 0.2) is 0 Å². The summed E-state index contributed by atoms with van der Waals surface area (Å²) in [6.45, 7) is 1.02. The first-order chi connectivity index (χ1) is 15.4.